The highest BCUT2D eigenvalue weighted by Gasteiger charge is 2.18. The summed E-state index contributed by atoms with van der Waals surface area (Å²) >= 11 is 7.56. The molecule has 2 aromatic carbocycles. The van der Waals surface area contributed by atoms with Crippen LogP contribution in [0.3, 0.4) is 0 Å². The molecule has 1 atom stereocenters. The van der Waals surface area contributed by atoms with Gasteiger partial charge in [0.2, 0.25) is 0 Å². The van der Waals surface area contributed by atoms with Crippen LogP contribution in [0.15, 0.2) is 47.4 Å². The van der Waals surface area contributed by atoms with E-state index >= 15 is 0 Å². The maximum Gasteiger partial charge on any atom is 0.261 e. The fourth-order valence-electron chi connectivity index (χ4n) is 2.39. The van der Waals surface area contributed by atoms with E-state index in [1.807, 2.05) is 57.2 Å². The van der Waals surface area contributed by atoms with Crippen molar-refractivity contribution in [2.75, 3.05) is 12.3 Å². The zero-order valence-electron chi connectivity index (χ0n) is 14.8. The van der Waals surface area contributed by atoms with Crippen molar-refractivity contribution in [3.8, 4) is 5.75 Å². The average Bonchev–Trinajstić information content (AvgIpc) is 2.59. The molecule has 0 fully saturated rings. The third kappa shape index (κ3) is 6.29. The molecule has 0 aromatic heterocycles. The summed E-state index contributed by atoms with van der Waals surface area (Å²) in [5.74, 6) is 1.50. The molecule has 0 radical (unpaired) electrons. The normalized spacial score (nSPS) is 11.8. The Morgan fingerprint density at radius 3 is 2.56 bits per heavy atom. The van der Waals surface area contributed by atoms with Gasteiger partial charge in [-0.2, -0.15) is 0 Å². The van der Waals surface area contributed by atoms with E-state index in [-0.39, 0.29) is 5.91 Å². The Labute approximate surface area is 159 Å². The summed E-state index contributed by atoms with van der Waals surface area (Å²) in [6.07, 6.45) is 0.158. The summed E-state index contributed by atoms with van der Waals surface area (Å²) < 4.78 is 5.91. The van der Waals surface area contributed by atoms with Gasteiger partial charge in [0.25, 0.3) is 5.91 Å². The van der Waals surface area contributed by atoms with Crippen LogP contribution in [0.25, 0.3) is 0 Å². The molecule has 3 nitrogen and oxygen atoms in total. The summed E-state index contributed by atoms with van der Waals surface area (Å²) in [7, 11) is 0. The van der Waals surface area contributed by atoms with Crippen LogP contribution in [0.5, 0.6) is 5.75 Å². The summed E-state index contributed by atoms with van der Waals surface area (Å²) in [5, 5.41) is 3.68. The first kappa shape index (κ1) is 19.7. The lowest BCUT2D eigenvalue weighted by Gasteiger charge is -2.19. The number of benzene rings is 2. The number of nitrogens with one attached hydrogen (secondary N) is 1. The summed E-state index contributed by atoms with van der Waals surface area (Å²) in [5.41, 5.74) is 2.23. The second-order valence-corrected chi connectivity index (χ2v) is 7.48. The van der Waals surface area contributed by atoms with Gasteiger partial charge in [0, 0.05) is 22.2 Å². The van der Waals surface area contributed by atoms with Crippen molar-refractivity contribution in [2.45, 2.75) is 38.2 Å². The van der Waals surface area contributed by atoms with Gasteiger partial charge in [-0.3, -0.25) is 4.79 Å². The Balaban J connectivity index is 1.80. The first-order valence-corrected chi connectivity index (χ1v) is 9.76. The maximum absolute atomic E-state index is 12.4. The van der Waals surface area contributed by atoms with Gasteiger partial charge in [0.15, 0.2) is 6.10 Å². The molecule has 1 N–H and O–H groups in total. The smallest absolute Gasteiger partial charge is 0.261 e. The number of thioether (sulfide) groups is 1. The van der Waals surface area contributed by atoms with Gasteiger partial charge in [-0.1, -0.05) is 36.2 Å². The molecule has 0 aliphatic carbocycles. The molecule has 2 aromatic rings. The predicted octanol–water partition coefficient (Wildman–Crippen LogP) is 5.02. The number of amides is 1. The van der Waals surface area contributed by atoms with Gasteiger partial charge >= 0.3 is 0 Å². The Bertz CT molecular complexity index is 703. The van der Waals surface area contributed by atoms with E-state index < -0.39 is 6.10 Å². The molecule has 25 heavy (non-hydrogen) atoms. The lowest BCUT2D eigenvalue weighted by Crippen LogP contribution is -2.39. The lowest BCUT2D eigenvalue weighted by molar-refractivity contribution is -0.128. The molecule has 2 rings (SSSR count). The molecule has 0 spiro atoms. The van der Waals surface area contributed by atoms with Crippen molar-refractivity contribution < 1.29 is 9.53 Å². The standard InChI is InChI=1S/C20H24ClNO2S/c1-4-18(24-19-10-5-14(2)13-15(19)3)20(23)22-11-12-25-17-8-6-16(21)7-9-17/h5-10,13,18H,4,11-12H2,1-3H3,(H,22,23). The van der Waals surface area contributed by atoms with Crippen molar-refractivity contribution in [3.63, 3.8) is 0 Å². The number of halogens is 1. The van der Waals surface area contributed by atoms with Crippen molar-refractivity contribution in [1.82, 2.24) is 5.32 Å². The maximum atomic E-state index is 12.4. The first-order chi connectivity index (χ1) is 12.0. The number of hydrogen-bond donors (Lipinski definition) is 1. The van der Waals surface area contributed by atoms with E-state index in [9.17, 15) is 4.79 Å². The summed E-state index contributed by atoms with van der Waals surface area (Å²) in [6, 6.07) is 13.7. The number of aryl methyl sites for hydroxylation is 2. The van der Waals surface area contributed by atoms with Gasteiger partial charge in [-0.05, 0) is 56.2 Å². The van der Waals surface area contributed by atoms with Gasteiger partial charge in [0.05, 0.1) is 0 Å². The molecule has 0 aliphatic heterocycles. The number of carbonyl (C=O) groups is 1. The molecule has 0 saturated carbocycles. The lowest BCUT2D eigenvalue weighted by atomic mass is 10.1. The minimum absolute atomic E-state index is 0.0702. The highest BCUT2D eigenvalue weighted by atomic mass is 35.5. The van der Waals surface area contributed by atoms with Crippen LogP contribution in [0, 0.1) is 13.8 Å². The Morgan fingerprint density at radius 2 is 1.92 bits per heavy atom. The van der Waals surface area contributed by atoms with E-state index in [0.717, 1.165) is 27.0 Å². The topological polar surface area (TPSA) is 38.3 Å². The minimum Gasteiger partial charge on any atom is -0.480 e. The Morgan fingerprint density at radius 1 is 1.20 bits per heavy atom. The van der Waals surface area contributed by atoms with Gasteiger partial charge in [0.1, 0.15) is 5.75 Å². The predicted molar refractivity (Wildman–Crippen MR) is 106 cm³/mol. The van der Waals surface area contributed by atoms with Crippen LogP contribution in [0.4, 0.5) is 0 Å². The van der Waals surface area contributed by atoms with Crippen LogP contribution >= 0.6 is 23.4 Å². The van der Waals surface area contributed by atoms with Gasteiger partial charge in [-0.25, -0.2) is 0 Å². The van der Waals surface area contributed by atoms with E-state index in [2.05, 4.69) is 11.4 Å². The van der Waals surface area contributed by atoms with E-state index in [1.165, 1.54) is 5.56 Å². The summed E-state index contributed by atoms with van der Waals surface area (Å²) in [4.78, 5) is 13.5. The monoisotopic (exact) mass is 377 g/mol. The third-order valence-electron chi connectivity index (χ3n) is 3.75. The van der Waals surface area contributed by atoms with Crippen molar-refractivity contribution in [3.05, 3.63) is 58.6 Å². The second-order valence-electron chi connectivity index (χ2n) is 5.88. The Hall–Kier alpha value is -1.65. The summed E-state index contributed by atoms with van der Waals surface area (Å²) in [6.45, 7) is 6.59. The number of rotatable bonds is 8. The zero-order valence-corrected chi connectivity index (χ0v) is 16.4. The zero-order chi connectivity index (χ0) is 18.2. The van der Waals surface area contributed by atoms with Crippen LogP contribution in [0.2, 0.25) is 5.02 Å². The molecule has 5 heteroatoms. The average molecular weight is 378 g/mol. The van der Waals surface area contributed by atoms with E-state index in [1.54, 1.807) is 11.8 Å². The van der Waals surface area contributed by atoms with Crippen molar-refractivity contribution in [1.29, 1.82) is 0 Å². The fourth-order valence-corrected chi connectivity index (χ4v) is 3.29. The number of hydrogen-bond acceptors (Lipinski definition) is 3. The highest BCUT2D eigenvalue weighted by Crippen LogP contribution is 2.21. The third-order valence-corrected chi connectivity index (χ3v) is 5.01. The Kier molecular flexibility index (Phi) is 7.66. The largest absolute Gasteiger partial charge is 0.480 e. The second kappa shape index (κ2) is 9.73. The molecule has 0 aliphatic rings. The van der Waals surface area contributed by atoms with Crippen LogP contribution in [-0.2, 0) is 4.79 Å². The van der Waals surface area contributed by atoms with Crippen LogP contribution in [-0.4, -0.2) is 24.3 Å². The molecule has 0 heterocycles. The molecule has 0 bridgehead atoms. The number of ether oxygens (including phenoxy) is 1. The first-order valence-electron chi connectivity index (χ1n) is 8.39. The van der Waals surface area contributed by atoms with Gasteiger partial charge in [-0.15, -0.1) is 11.8 Å². The quantitative estimate of drug-likeness (QED) is 0.518. The van der Waals surface area contributed by atoms with Crippen molar-refractivity contribution in [2.24, 2.45) is 0 Å². The van der Waals surface area contributed by atoms with E-state index in [4.69, 9.17) is 16.3 Å². The molecule has 0 saturated heterocycles. The van der Waals surface area contributed by atoms with Gasteiger partial charge < -0.3 is 10.1 Å². The van der Waals surface area contributed by atoms with Crippen molar-refractivity contribution >= 4 is 29.3 Å². The highest BCUT2D eigenvalue weighted by molar-refractivity contribution is 7.99. The molecular formula is C20H24ClNO2S. The molecular weight excluding hydrogens is 354 g/mol. The molecule has 134 valence electrons. The van der Waals surface area contributed by atoms with Crippen LogP contribution < -0.4 is 10.1 Å². The fraction of sp³-hybridized carbons (Fsp3) is 0.350. The van der Waals surface area contributed by atoms with Crippen LogP contribution in [0.1, 0.15) is 24.5 Å². The molecule has 1 unspecified atom stereocenters. The van der Waals surface area contributed by atoms with E-state index in [0.29, 0.717) is 13.0 Å². The minimum atomic E-state index is -0.470. The number of carbonyl (C=O) groups excluding carboxylic acids is 1. The molecule has 1 amide bonds. The SMILES string of the molecule is CCC(Oc1ccc(C)cc1C)C(=O)NCCSc1ccc(Cl)cc1.